The Morgan fingerprint density at radius 2 is 1.69 bits per heavy atom. The molecule has 1 rings (SSSR count). The summed E-state index contributed by atoms with van der Waals surface area (Å²) < 4.78 is 37.0. The summed E-state index contributed by atoms with van der Waals surface area (Å²) in [6, 6.07) is 0.177. The van der Waals surface area contributed by atoms with Crippen LogP contribution < -0.4 is 5.73 Å². The van der Waals surface area contributed by atoms with Crippen molar-refractivity contribution in [3.8, 4) is 0 Å². The fourth-order valence-electron chi connectivity index (χ4n) is 1.81. The number of halogens is 3. The summed E-state index contributed by atoms with van der Waals surface area (Å²) in [5, 5.41) is 0. The molecule has 0 aromatic rings. The van der Waals surface area contributed by atoms with Gasteiger partial charge in [0.25, 0.3) is 0 Å². The van der Waals surface area contributed by atoms with Crippen LogP contribution in [0.5, 0.6) is 0 Å². The first kappa shape index (κ1) is 13.1. The molecule has 0 spiro atoms. The monoisotopic (exact) mass is 234 g/mol. The van der Waals surface area contributed by atoms with E-state index in [1.54, 1.807) is 6.92 Å². The molecular formula is C11H17F3N2. The minimum atomic E-state index is -4.46. The Kier molecular flexibility index (Phi) is 3.99. The number of alkyl halides is 3. The van der Waals surface area contributed by atoms with E-state index in [0.717, 1.165) is 25.7 Å². The summed E-state index contributed by atoms with van der Waals surface area (Å²) in [5.41, 5.74) is 4.45. The molecule has 16 heavy (non-hydrogen) atoms. The molecule has 1 aliphatic carbocycles. The van der Waals surface area contributed by atoms with Crippen LogP contribution in [0.4, 0.5) is 13.2 Å². The van der Waals surface area contributed by atoms with Crippen molar-refractivity contribution in [2.75, 3.05) is 0 Å². The molecule has 0 aromatic carbocycles. The molecule has 0 radical (unpaired) electrons. The lowest BCUT2D eigenvalue weighted by Crippen LogP contribution is -2.23. The maximum absolute atomic E-state index is 12.3. The topological polar surface area (TPSA) is 38.4 Å². The molecule has 0 amide bonds. The highest BCUT2D eigenvalue weighted by Crippen LogP contribution is 2.26. The van der Waals surface area contributed by atoms with Gasteiger partial charge in [0.15, 0.2) is 0 Å². The normalized spacial score (nSPS) is 21.2. The number of nitrogens with two attached hydrogens (primary N) is 1. The van der Waals surface area contributed by atoms with Gasteiger partial charge in [-0.15, -0.1) is 0 Å². The van der Waals surface area contributed by atoms with Gasteiger partial charge in [0.05, 0.1) is 6.04 Å². The van der Waals surface area contributed by atoms with E-state index in [9.17, 15) is 13.2 Å². The molecule has 0 aliphatic heterocycles. The minimum Gasteiger partial charge on any atom is -0.394 e. The van der Waals surface area contributed by atoms with Gasteiger partial charge in [-0.25, -0.2) is 0 Å². The van der Waals surface area contributed by atoms with Crippen molar-refractivity contribution in [3.63, 3.8) is 0 Å². The van der Waals surface area contributed by atoms with E-state index in [-0.39, 0.29) is 11.6 Å². The van der Waals surface area contributed by atoms with Crippen LogP contribution in [0.2, 0.25) is 0 Å². The number of nitrogens with zero attached hydrogens (tertiary/aromatic N) is 1. The van der Waals surface area contributed by atoms with Crippen molar-refractivity contribution in [3.05, 3.63) is 11.3 Å². The van der Waals surface area contributed by atoms with E-state index < -0.39 is 11.9 Å². The Balaban J connectivity index is 2.83. The Morgan fingerprint density at radius 1 is 1.19 bits per heavy atom. The molecule has 0 bridgehead atoms. The molecule has 0 saturated heterocycles. The van der Waals surface area contributed by atoms with Gasteiger partial charge in [0.2, 0.25) is 0 Å². The molecule has 5 heteroatoms. The Hall–Kier alpha value is -1.00. The van der Waals surface area contributed by atoms with Crippen molar-refractivity contribution >= 4 is 5.71 Å². The molecule has 0 atom stereocenters. The summed E-state index contributed by atoms with van der Waals surface area (Å²) >= 11 is 0. The van der Waals surface area contributed by atoms with Crippen molar-refractivity contribution < 1.29 is 13.2 Å². The zero-order valence-corrected chi connectivity index (χ0v) is 9.56. The van der Waals surface area contributed by atoms with Gasteiger partial charge in [-0.1, -0.05) is 12.8 Å². The lowest BCUT2D eigenvalue weighted by molar-refractivity contribution is -0.0931. The Morgan fingerprint density at radius 3 is 2.12 bits per heavy atom. The van der Waals surface area contributed by atoms with Gasteiger partial charge >= 0.3 is 6.18 Å². The second-order valence-corrected chi connectivity index (χ2v) is 4.19. The van der Waals surface area contributed by atoms with Gasteiger partial charge in [0.1, 0.15) is 5.70 Å². The maximum Gasteiger partial charge on any atom is 0.431 e. The van der Waals surface area contributed by atoms with Crippen molar-refractivity contribution in [1.82, 2.24) is 0 Å². The van der Waals surface area contributed by atoms with Crippen molar-refractivity contribution in [1.29, 1.82) is 0 Å². The second kappa shape index (κ2) is 4.89. The zero-order chi connectivity index (χ0) is 12.3. The summed E-state index contributed by atoms with van der Waals surface area (Å²) in [7, 11) is 0. The SMILES string of the molecule is CC(=NC1CCCC1)C(C)=C(N)C(F)(F)F. The van der Waals surface area contributed by atoms with E-state index in [0.29, 0.717) is 5.71 Å². The van der Waals surface area contributed by atoms with Crippen molar-refractivity contribution in [2.45, 2.75) is 51.7 Å². The molecule has 2 nitrogen and oxygen atoms in total. The van der Waals surface area contributed by atoms with Crippen LogP contribution in [0.25, 0.3) is 0 Å². The van der Waals surface area contributed by atoms with E-state index >= 15 is 0 Å². The summed E-state index contributed by atoms with van der Waals surface area (Å²) in [6.45, 7) is 2.96. The van der Waals surface area contributed by atoms with Crippen LogP contribution in [-0.4, -0.2) is 17.9 Å². The predicted molar refractivity (Wildman–Crippen MR) is 58.3 cm³/mol. The van der Waals surface area contributed by atoms with Crippen LogP contribution in [-0.2, 0) is 0 Å². The summed E-state index contributed by atoms with van der Waals surface area (Å²) in [5.74, 6) is 0. The van der Waals surface area contributed by atoms with E-state index in [1.165, 1.54) is 6.92 Å². The summed E-state index contributed by atoms with van der Waals surface area (Å²) in [6.07, 6.45) is -0.304. The van der Waals surface area contributed by atoms with Crippen LogP contribution in [0.3, 0.4) is 0 Å². The third-order valence-electron chi connectivity index (χ3n) is 2.95. The zero-order valence-electron chi connectivity index (χ0n) is 9.56. The fourth-order valence-corrected chi connectivity index (χ4v) is 1.81. The average molecular weight is 234 g/mol. The first-order valence-corrected chi connectivity index (χ1v) is 5.40. The number of rotatable bonds is 2. The predicted octanol–water partition coefficient (Wildman–Crippen LogP) is 3.18. The van der Waals surface area contributed by atoms with Crippen LogP contribution in [0.15, 0.2) is 16.3 Å². The van der Waals surface area contributed by atoms with Crippen LogP contribution in [0, 0.1) is 0 Å². The highest BCUT2D eigenvalue weighted by molar-refractivity contribution is 5.98. The summed E-state index contributed by atoms with van der Waals surface area (Å²) in [4.78, 5) is 4.29. The highest BCUT2D eigenvalue weighted by atomic mass is 19.4. The molecule has 1 fully saturated rings. The molecular weight excluding hydrogens is 217 g/mol. The highest BCUT2D eigenvalue weighted by Gasteiger charge is 2.33. The number of hydrogen-bond donors (Lipinski definition) is 1. The molecule has 1 saturated carbocycles. The van der Waals surface area contributed by atoms with Gasteiger partial charge in [-0.2, -0.15) is 13.2 Å². The first-order valence-electron chi connectivity index (χ1n) is 5.40. The molecule has 0 aromatic heterocycles. The third-order valence-corrected chi connectivity index (χ3v) is 2.95. The first-order chi connectivity index (χ1) is 7.32. The minimum absolute atomic E-state index is 0.0411. The van der Waals surface area contributed by atoms with Gasteiger partial charge in [0, 0.05) is 5.71 Å². The number of hydrogen-bond acceptors (Lipinski definition) is 2. The van der Waals surface area contributed by atoms with Crippen LogP contribution in [0.1, 0.15) is 39.5 Å². The van der Waals surface area contributed by atoms with Gasteiger partial charge < -0.3 is 5.73 Å². The van der Waals surface area contributed by atoms with Gasteiger partial charge in [-0.3, -0.25) is 4.99 Å². The fraction of sp³-hybridized carbons (Fsp3) is 0.727. The number of aliphatic imine (C=N–C) groups is 1. The van der Waals surface area contributed by atoms with Gasteiger partial charge in [-0.05, 0) is 32.3 Å². The Labute approximate surface area is 93.4 Å². The van der Waals surface area contributed by atoms with E-state index in [2.05, 4.69) is 4.99 Å². The average Bonchev–Trinajstić information content (AvgIpc) is 2.66. The van der Waals surface area contributed by atoms with Crippen LogP contribution >= 0.6 is 0 Å². The molecule has 2 N–H and O–H groups in total. The van der Waals surface area contributed by atoms with E-state index in [4.69, 9.17) is 5.73 Å². The second-order valence-electron chi connectivity index (χ2n) is 4.19. The standard InChI is InChI=1S/C11H17F3N2/c1-7(10(15)11(12,13)14)8(2)16-9-5-3-4-6-9/h9H,3-6,15H2,1-2H3. The molecule has 0 heterocycles. The van der Waals surface area contributed by atoms with Crippen molar-refractivity contribution in [2.24, 2.45) is 10.7 Å². The largest absolute Gasteiger partial charge is 0.431 e. The number of allylic oxidation sites excluding steroid dienone is 2. The lowest BCUT2D eigenvalue weighted by Gasteiger charge is -2.12. The molecule has 1 aliphatic rings. The van der Waals surface area contributed by atoms with E-state index in [1.807, 2.05) is 0 Å². The maximum atomic E-state index is 12.3. The lowest BCUT2D eigenvalue weighted by atomic mass is 10.1. The smallest absolute Gasteiger partial charge is 0.394 e. The Bertz CT molecular complexity index is 310. The quantitative estimate of drug-likeness (QED) is 0.732. The molecule has 92 valence electrons. The third kappa shape index (κ3) is 3.25. The molecule has 0 unspecified atom stereocenters.